The summed E-state index contributed by atoms with van der Waals surface area (Å²) in [6, 6.07) is 7.18. The molecule has 0 amide bonds. The first-order valence-corrected chi connectivity index (χ1v) is 9.34. The Labute approximate surface area is 138 Å². The van der Waals surface area contributed by atoms with Crippen LogP contribution in [0.3, 0.4) is 0 Å². The largest absolute Gasteiger partial charge is 0.497 e. The fourth-order valence-electron chi connectivity index (χ4n) is 2.66. The number of hydrogen-bond donors (Lipinski definition) is 1. The van der Waals surface area contributed by atoms with Gasteiger partial charge in [0.1, 0.15) is 5.75 Å². The minimum atomic E-state index is -3.42. The van der Waals surface area contributed by atoms with Crippen LogP contribution in [-0.4, -0.2) is 59.5 Å². The van der Waals surface area contributed by atoms with E-state index in [1.165, 1.54) is 0 Å². The molecule has 1 aromatic rings. The van der Waals surface area contributed by atoms with E-state index in [1.54, 1.807) is 7.11 Å². The van der Waals surface area contributed by atoms with Gasteiger partial charge < -0.3 is 14.4 Å². The van der Waals surface area contributed by atoms with Crippen LogP contribution in [0.1, 0.15) is 24.4 Å². The van der Waals surface area contributed by atoms with E-state index in [1.807, 2.05) is 43.3 Å². The van der Waals surface area contributed by atoms with Crippen molar-refractivity contribution in [3.05, 3.63) is 29.8 Å². The summed E-state index contributed by atoms with van der Waals surface area (Å²) in [6.07, 6.45) is 1.43. The standard InChI is InChI=1S/C16H26N2O4S/c1-18(2)11-16(13-6-8-14(21-3)9-7-13)17-23(19,20)15-5-4-10-22-12-15/h6-9,15-17H,4-5,10-12H2,1-3H3/t15-,16+/m1/s1. The minimum absolute atomic E-state index is 0.270. The number of benzene rings is 1. The molecule has 0 saturated carbocycles. The highest BCUT2D eigenvalue weighted by Gasteiger charge is 2.30. The molecule has 1 heterocycles. The second-order valence-electron chi connectivity index (χ2n) is 6.09. The van der Waals surface area contributed by atoms with Gasteiger partial charge in [0.05, 0.1) is 25.0 Å². The van der Waals surface area contributed by atoms with Gasteiger partial charge in [0.15, 0.2) is 0 Å². The van der Waals surface area contributed by atoms with Crippen LogP contribution in [0.25, 0.3) is 0 Å². The number of nitrogens with zero attached hydrogens (tertiary/aromatic N) is 1. The molecular formula is C16H26N2O4S. The molecule has 0 radical (unpaired) electrons. The van der Waals surface area contributed by atoms with Gasteiger partial charge in [0.25, 0.3) is 0 Å². The number of likely N-dealkylation sites (N-methyl/N-ethyl adjacent to an activating group) is 1. The number of hydrogen-bond acceptors (Lipinski definition) is 5. The molecule has 130 valence electrons. The summed E-state index contributed by atoms with van der Waals surface area (Å²) in [5, 5.41) is -0.473. The number of methoxy groups -OCH3 is 1. The van der Waals surface area contributed by atoms with E-state index in [0.717, 1.165) is 17.7 Å². The van der Waals surface area contributed by atoms with E-state index in [4.69, 9.17) is 9.47 Å². The Bertz CT molecular complexity index is 581. The van der Waals surface area contributed by atoms with E-state index in [0.29, 0.717) is 19.6 Å². The fourth-order valence-corrected chi connectivity index (χ4v) is 4.21. The Kier molecular flexibility index (Phi) is 6.41. The first-order valence-electron chi connectivity index (χ1n) is 7.80. The molecule has 7 heteroatoms. The first kappa shape index (κ1) is 18.2. The lowest BCUT2D eigenvalue weighted by molar-refractivity contribution is 0.0986. The molecule has 6 nitrogen and oxygen atoms in total. The highest BCUT2D eigenvalue weighted by atomic mass is 32.2. The number of sulfonamides is 1. The molecule has 1 aliphatic rings. The molecule has 0 spiro atoms. The Morgan fingerprint density at radius 1 is 1.35 bits per heavy atom. The molecular weight excluding hydrogens is 316 g/mol. The molecule has 1 aliphatic heterocycles. The third kappa shape index (κ3) is 5.17. The Balaban J connectivity index is 2.16. The zero-order chi connectivity index (χ0) is 16.9. The maximum absolute atomic E-state index is 12.6. The molecule has 1 saturated heterocycles. The molecule has 0 bridgehead atoms. The van der Waals surface area contributed by atoms with Crippen molar-refractivity contribution in [2.45, 2.75) is 24.1 Å². The van der Waals surface area contributed by atoms with Gasteiger partial charge in [0.2, 0.25) is 10.0 Å². The highest BCUT2D eigenvalue weighted by molar-refractivity contribution is 7.90. The monoisotopic (exact) mass is 342 g/mol. The summed E-state index contributed by atoms with van der Waals surface area (Å²) in [6.45, 7) is 1.50. The van der Waals surface area contributed by atoms with Crippen molar-refractivity contribution in [1.29, 1.82) is 0 Å². The minimum Gasteiger partial charge on any atom is -0.497 e. The SMILES string of the molecule is COc1ccc([C@H](CN(C)C)NS(=O)(=O)[C@@H]2CCCOC2)cc1. The predicted octanol–water partition coefficient (Wildman–Crippen LogP) is 1.40. The second kappa shape index (κ2) is 8.10. The molecule has 1 fully saturated rings. The molecule has 0 aromatic heterocycles. The molecule has 1 N–H and O–H groups in total. The lowest BCUT2D eigenvalue weighted by Gasteiger charge is -2.27. The molecule has 0 unspecified atom stereocenters. The summed E-state index contributed by atoms with van der Waals surface area (Å²) < 4.78 is 38.6. The molecule has 23 heavy (non-hydrogen) atoms. The van der Waals surface area contributed by atoms with Crippen molar-refractivity contribution in [2.75, 3.05) is 41.0 Å². The van der Waals surface area contributed by atoms with Crippen LogP contribution in [0, 0.1) is 0 Å². The van der Waals surface area contributed by atoms with Gasteiger partial charge in [-0.15, -0.1) is 0 Å². The van der Waals surface area contributed by atoms with Crippen LogP contribution in [-0.2, 0) is 14.8 Å². The van der Waals surface area contributed by atoms with Gasteiger partial charge in [-0.1, -0.05) is 12.1 Å². The number of rotatable bonds is 7. The van der Waals surface area contributed by atoms with Crippen molar-refractivity contribution >= 4 is 10.0 Å². The van der Waals surface area contributed by atoms with Crippen LogP contribution in [0.2, 0.25) is 0 Å². The van der Waals surface area contributed by atoms with Crippen molar-refractivity contribution in [3.63, 3.8) is 0 Å². The summed E-state index contributed by atoms with van der Waals surface area (Å²) in [5.41, 5.74) is 0.916. The quantitative estimate of drug-likeness (QED) is 0.811. The maximum atomic E-state index is 12.6. The smallest absolute Gasteiger partial charge is 0.217 e. The zero-order valence-electron chi connectivity index (χ0n) is 14.0. The number of nitrogens with one attached hydrogen (secondary N) is 1. The maximum Gasteiger partial charge on any atom is 0.217 e. The molecule has 1 aromatic carbocycles. The zero-order valence-corrected chi connectivity index (χ0v) is 14.8. The van der Waals surface area contributed by atoms with E-state index in [-0.39, 0.29) is 12.6 Å². The third-order valence-corrected chi connectivity index (χ3v) is 5.79. The predicted molar refractivity (Wildman–Crippen MR) is 90.2 cm³/mol. The van der Waals surface area contributed by atoms with Crippen LogP contribution in [0.4, 0.5) is 0 Å². The molecule has 0 aliphatic carbocycles. The third-order valence-electron chi connectivity index (χ3n) is 3.93. The van der Waals surface area contributed by atoms with Crippen LogP contribution >= 0.6 is 0 Å². The van der Waals surface area contributed by atoms with E-state index in [9.17, 15) is 8.42 Å². The lowest BCUT2D eigenvalue weighted by atomic mass is 10.1. The van der Waals surface area contributed by atoms with Gasteiger partial charge in [-0.05, 0) is 44.6 Å². The summed E-state index contributed by atoms with van der Waals surface area (Å²) in [5.74, 6) is 0.751. The van der Waals surface area contributed by atoms with Crippen molar-refractivity contribution in [2.24, 2.45) is 0 Å². The van der Waals surface area contributed by atoms with Gasteiger partial charge in [0, 0.05) is 13.2 Å². The van der Waals surface area contributed by atoms with E-state index < -0.39 is 15.3 Å². The van der Waals surface area contributed by atoms with Crippen molar-refractivity contribution in [3.8, 4) is 5.75 Å². The number of ether oxygens (including phenoxy) is 2. The molecule has 2 atom stereocenters. The van der Waals surface area contributed by atoms with Crippen molar-refractivity contribution in [1.82, 2.24) is 9.62 Å². The van der Waals surface area contributed by atoms with E-state index in [2.05, 4.69) is 4.72 Å². The first-order chi connectivity index (χ1) is 10.9. The van der Waals surface area contributed by atoms with Gasteiger partial charge in [-0.25, -0.2) is 13.1 Å². The summed E-state index contributed by atoms with van der Waals surface area (Å²) >= 11 is 0. The van der Waals surface area contributed by atoms with Gasteiger partial charge >= 0.3 is 0 Å². The average Bonchev–Trinajstić information content (AvgIpc) is 2.54. The molecule has 2 rings (SSSR count). The Morgan fingerprint density at radius 2 is 2.04 bits per heavy atom. The van der Waals surface area contributed by atoms with Crippen LogP contribution < -0.4 is 9.46 Å². The van der Waals surface area contributed by atoms with E-state index >= 15 is 0 Å². The van der Waals surface area contributed by atoms with Crippen molar-refractivity contribution < 1.29 is 17.9 Å². The highest BCUT2D eigenvalue weighted by Crippen LogP contribution is 2.22. The lowest BCUT2D eigenvalue weighted by Crippen LogP contribution is -2.43. The topological polar surface area (TPSA) is 67.9 Å². The average molecular weight is 342 g/mol. The fraction of sp³-hybridized carbons (Fsp3) is 0.625. The normalized spacial score (nSPS) is 20.4. The van der Waals surface area contributed by atoms with Crippen LogP contribution in [0.5, 0.6) is 5.75 Å². The Morgan fingerprint density at radius 3 is 2.57 bits per heavy atom. The van der Waals surface area contributed by atoms with Gasteiger partial charge in [-0.3, -0.25) is 0 Å². The van der Waals surface area contributed by atoms with Gasteiger partial charge in [-0.2, -0.15) is 0 Å². The summed E-state index contributed by atoms with van der Waals surface area (Å²) in [7, 11) is 2.03. The summed E-state index contributed by atoms with van der Waals surface area (Å²) in [4.78, 5) is 1.97. The van der Waals surface area contributed by atoms with Crippen LogP contribution in [0.15, 0.2) is 24.3 Å². The second-order valence-corrected chi connectivity index (χ2v) is 8.08. The Hall–Kier alpha value is -1.15.